The minimum atomic E-state index is -0.0300. The minimum absolute atomic E-state index is 0.0117. The molecule has 4 atom stereocenters. The van der Waals surface area contributed by atoms with Gasteiger partial charge in [0.25, 0.3) is 0 Å². The maximum Gasteiger partial charge on any atom is 0.114 e. The van der Waals surface area contributed by atoms with Crippen molar-refractivity contribution in [2.45, 2.75) is 103 Å². The molecule has 0 radical (unpaired) electrons. The highest BCUT2D eigenvalue weighted by Gasteiger charge is 2.44. The molecule has 5 aliphatic rings. The van der Waals surface area contributed by atoms with E-state index in [2.05, 4.69) is 228 Å². The normalized spacial score (nSPS) is 19.9. The molecule has 0 aliphatic heterocycles. The van der Waals surface area contributed by atoms with Crippen LogP contribution in [0.15, 0.2) is 158 Å². The van der Waals surface area contributed by atoms with Crippen LogP contribution in [0.4, 0.5) is 0 Å². The van der Waals surface area contributed by atoms with Crippen LogP contribution in [0.25, 0.3) is 100 Å². The van der Waals surface area contributed by atoms with E-state index in [9.17, 15) is 0 Å². The topological polar surface area (TPSA) is 38.5 Å². The highest BCUT2D eigenvalue weighted by molar-refractivity contribution is 6.15. The third-order valence-electron chi connectivity index (χ3n) is 19.8. The van der Waals surface area contributed by atoms with Crippen LogP contribution in [0, 0.1) is 0 Å². The first kappa shape index (κ1) is 43.4. The molecule has 0 saturated heterocycles. The van der Waals surface area contributed by atoms with E-state index in [1.807, 2.05) is 6.20 Å². The van der Waals surface area contributed by atoms with Gasteiger partial charge in [-0.1, -0.05) is 134 Å². The second-order valence-electron chi connectivity index (χ2n) is 24.0. The largest absolute Gasteiger partial charge is 0.348 e. The minimum Gasteiger partial charge on any atom is -0.348 e. The summed E-state index contributed by atoms with van der Waals surface area (Å²) in [5.74, 6) is 2.23. The van der Waals surface area contributed by atoms with Gasteiger partial charge in [0.15, 0.2) is 0 Å². The summed E-state index contributed by atoms with van der Waals surface area (Å²) >= 11 is 0. The molecule has 4 heterocycles. The van der Waals surface area contributed by atoms with Gasteiger partial charge in [0.1, 0.15) is 5.82 Å². The number of allylic oxidation sites excluding steroid dienone is 1. The molecule has 5 aliphatic carbocycles. The summed E-state index contributed by atoms with van der Waals surface area (Å²) in [6, 6.07) is 53.8. The van der Waals surface area contributed by atoms with E-state index in [0.29, 0.717) is 11.8 Å². The van der Waals surface area contributed by atoms with Crippen molar-refractivity contribution >= 4 is 44.4 Å². The predicted molar refractivity (Wildman–Crippen MR) is 312 cm³/mol. The van der Waals surface area contributed by atoms with E-state index in [-0.39, 0.29) is 22.7 Å². The highest BCUT2D eigenvalue weighted by atomic mass is 15.1. The average molecular weight is 969 g/mol. The highest BCUT2D eigenvalue weighted by Crippen LogP contribution is 2.62. The van der Waals surface area contributed by atoms with Gasteiger partial charge < -0.3 is 9.55 Å². The molecule has 0 fully saturated rings. The number of nitrogens with zero attached hydrogens (tertiary/aromatic N) is 3. The average Bonchev–Trinajstić information content (AvgIpc) is 4.32. The van der Waals surface area contributed by atoms with Gasteiger partial charge in [0, 0.05) is 50.6 Å². The lowest BCUT2D eigenvalue weighted by Crippen LogP contribution is -2.24. The molecule has 0 amide bonds. The molecule has 0 saturated carbocycles. The van der Waals surface area contributed by atoms with E-state index in [1.54, 1.807) is 0 Å². The number of hydrogen-bond donors (Lipinski definition) is 1. The van der Waals surface area contributed by atoms with Crippen LogP contribution >= 0.6 is 0 Å². The molecule has 4 nitrogen and oxygen atoms in total. The Morgan fingerprint density at radius 1 is 0.507 bits per heavy atom. The summed E-state index contributed by atoms with van der Waals surface area (Å²) < 4.78 is 5.19. The maximum absolute atomic E-state index is 4.75. The molecule has 1 N–H and O–H groups in total. The number of fused-ring (bicyclic) bond motifs is 14. The zero-order valence-corrected chi connectivity index (χ0v) is 44.2. The zero-order chi connectivity index (χ0) is 50.6. The molecule has 11 aromatic rings. The van der Waals surface area contributed by atoms with Crippen LogP contribution in [0.1, 0.15) is 147 Å². The molecule has 75 heavy (non-hydrogen) atoms. The second kappa shape index (κ2) is 14.9. The second-order valence-corrected chi connectivity index (χ2v) is 24.0. The molecular weight excluding hydrogens is 909 g/mol. The Morgan fingerprint density at radius 3 is 1.73 bits per heavy atom. The lowest BCUT2D eigenvalue weighted by molar-refractivity contribution is 0.584. The first-order valence-corrected chi connectivity index (χ1v) is 27.5. The van der Waals surface area contributed by atoms with Crippen molar-refractivity contribution in [2.24, 2.45) is 0 Å². The van der Waals surface area contributed by atoms with Gasteiger partial charge >= 0.3 is 0 Å². The monoisotopic (exact) mass is 968 g/mol. The Kier molecular flexibility index (Phi) is 8.62. The number of benzene rings is 7. The summed E-state index contributed by atoms with van der Waals surface area (Å²) in [5.41, 5.74) is 33.1. The van der Waals surface area contributed by atoms with Gasteiger partial charge in [-0.2, -0.15) is 0 Å². The number of aromatic amines is 1. The number of aromatic nitrogens is 4. The molecule has 7 aromatic carbocycles. The van der Waals surface area contributed by atoms with Gasteiger partial charge in [-0.25, -0.2) is 0 Å². The zero-order valence-electron chi connectivity index (χ0n) is 44.2. The quantitative estimate of drug-likeness (QED) is 0.188. The smallest absolute Gasteiger partial charge is 0.114 e. The Morgan fingerprint density at radius 2 is 1.09 bits per heavy atom. The molecule has 16 rings (SSSR count). The molecule has 4 unspecified atom stereocenters. The first-order chi connectivity index (χ1) is 36.4. The van der Waals surface area contributed by atoms with E-state index in [4.69, 9.17) is 4.98 Å². The standard InChI is InChI=1S/C71H60N4/c1-38-39(2)50-36-56-54-34-45(43-22-26-60-52(32-43)48-17-10-12-19-58(48)71(60,7)8)24-28-62(54)75(63-20-14-30-73-63)69(56)65-41(4)40(3)64-66(67(50)65)49(38)35-55-53-33-44(23-27-61(53)74(68(55)64)46-15-13-29-72-37-46)42-21-25-59-51(31-42)47-16-9-11-18-57(47)70(59,5)6/h9-23,25-27,29-41,73H,24,28H2,1-8H3. The Bertz CT molecular complexity index is 4360. The summed E-state index contributed by atoms with van der Waals surface area (Å²) in [6.45, 7) is 19.6. The van der Waals surface area contributed by atoms with Crippen LogP contribution < -0.4 is 0 Å². The number of hydrogen-bond acceptors (Lipinski definition) is 1. The van der Waals surface area contributed by atoms with Crippen molar-refractivity contribution in [1.29, 1.82) is 0 Å². The Hall–Kier alpha value is -7.95. The van der Waals surface area contributed by atoms with Gasteiger partial charge in [-0.15, -0.1) is 0 Å². The van der Waals surface area contributed by atoms with Crippen LogP contribution in [-0.2, 0) is 17.3 Å². The molecule has 0 spiro atoms. The summed E-state index contributed by atoms with van der Waals surface area (Å²) in [7, 11) is 0. The van der Waals surface area contributed by atoms with Crippen LogP contribution in [0.2, 0.25) is 0 Å². The van der Waals surface area contributed by atoms with E-state index in [1.165, 1.54) is 144 Å². The molecule has 4 aromatic heterocycles. The fraction of sp³-hybridized carbons (Fsp3) is 0.225. The van der Waals surface area contributed by atoms with Gasteiger partial charge in [-0.05, 0) is 203 Å². The van der Waals surface area contributed by atoms with Crippen molar-refractivity contribution in [3.63, 3.8) is 0 Å². The van der Waals surface area contributed by atoms with Gasteiger partial charge in [0.05, 0.1) is 28.4 Å². The van der Waals surface area contributed by atoms with Gasteiger partial charge in [-0.3, -0.25) is 9.55 Å². The Labute approximate surface area is 439 Å². The van der Waals surface area contributed by atoms with E-state index >= 15 is 0 Å². The molecule has 364 valence electrons. The summed E-state index contributed by atoms with van der Waals surface area (Å²) in [5, 5.41) is 4.02. The van der Waals surface area contributed by atoms with Crippen molar-refractivity contribution in [2.75, 3.05) is 0 Å². The number of H-pyrrole nitrogens is 1. The summed E-state index contributed by atoms with van der Waals surface area (Å²) in [4.78, 5) is 8.46. The third kappa shape index (κ3) is 5.55. The third-order valence-corrected chi connectivity index (χ3v) is 19.8. The van der Waals surface area contributed by atoms with E-state index in [0.717, 1.165) is 24.3 Å². The fourth-order valence-electron chi connectivity index (χ4n) is 15.6. The lowest BCUT2D eigenvalue weighted by atomic mass is 9.62. The molecule has 4 heteroatoms. The maximum atomic E-state index is 4.75. The van der Waals surface area contributed by atoms with Crippen molar-refractivity contribution in [3.05, 3.63) is 219 Å². The molecule has 0 bridgehead atoms. The van der Waals surface area contributed by atoms with Crippen molar-refractivity contribution in [1.82, 2.24) is 19.1 Å². The van der Waals surface area contributed by atoms with E-state index < -0.39 is 0 Å². The predicted octanol–water partition coefficient (Wildman–Crippen LogP) is 18.3. The van der Waals surface area contributed by atoms with Crippen LogP contribution in [0.3, 0.4) is 0 Å². The fourth-order valence-corrected chi connectivity index (χ4v) is 15.6. The number of pyridine rings is 1. The Balaban J connectivity index is 0.937. The lowest BCUT2D eigenvalue weighted by Gasteiger charge is -2.42. The summed E-state index contributed by atoms with van der Waals surface area (Å²) in [6.07, 6.45) is 10.6. The number of rotatable bonds is 4. The SMILES string of the molecule is CC1c2cc3c4c(n(-c5ccc[nH]5)c3c3c2-c2c(cc5c6cc(-c7ccc8c(c7)-c7ccccc7C8(C)C)ccc6n(-c6cccnc6)c5c2C(C)C3C)C1C)CCC(c1ccc2c(c1)-c1ccccc1C2(C)C)=C4. The van der Waals surface area contributed by atoms with Gasteiger partial charge in [0.2, 0.25) is 0 Å². The van der Waals surface area contributed by atoms with Crippen LogP contribution in [0.5, 0.6) is 0 Å². The number of nitrogens with one attached hydrogen (secondary N) is 1. The van der Waals surface area contributed by atoms with Crippen LogP contribution in [-0.4, -0.2) is 19.1 Å². The molecular formula is C71H60N4. The van der Waals surface area contributed by atoms with Crippen molar-refractivity contribution < 1.29 is 0 Å². The first-order valence-electron chi connectivity index (χ1n) is 27.5. The van der Waals surface area contributed by atoms with Crippen molar-refractivity contribution in [3.8, 4) is 56.0 Å².